The Morgan fingerprint density at radius 2 is 1.67 bits per heavy atom. The summed E-state index contributed by atoms with van der Waals surface area (Å²) in [7, 11) is 9.59. The van der Waals surface area contributed by atoms with E-state index in [4.69, 9.17) is 15.2 Å². The van der Waals surface area contributed by atoms with Crippen molar-refractivity contribution in [2.24, 2.45) is 10.2 Å². The fraction of sp³-hybridized carbons (Fsp3) is 0.333. The van der Waals surface area contributed by atoms with Crippen molar-refractivity contribution in [2.75, 3.05) is 41.1 Å². The summed E-state index contributed by atoms with van der Waals surface area (Å²) < 4.78 is 11.4. The fourth-order valence-electron chi connectivity index (χ4n) is 2.36. The fourth-order valence-corrected chi connectivity index (χ4v) is 2.36. The van der Waals surface area contributed by atoms with Gasteiger partial charge >= 0.3 is 0 Å². The molecule has 0 radical (unpaired) electrons. The maximum absolute atomic E-state index is 5.88. The molecule has 0 heterocycles. The van der Waals surface area contributed by atoms with Gasteiger partial charge in [-0.25, -0.2) is 0 Å². The molecule has 6 nitrogen and oxygen atoms in total. The second-order valence-corrected chi connectivity index (χ2v) is 6.58. The number of anilines is 1. The minimum Gasteiger partial charge on any atom is -0.495 e. The number of nitrogens with two attached hydrogens (primary N) is 1. The van der Waals surface area contributed by atoms with Crippen LogP contribution in [-0.2, 0) is 6.54 Å². The van der Waals surface area contributed by atoms with Crippen LogP contribution in [0.2, 0.25) is 0 Å². The molecule has 0 spiro atoms. The summed E-state index contributed by atoms with van der Waals surface area (Å²) in [6.07, 6.45) is 0. The molecule has 0 aliphatic carbocycles. The zero-order valence-corrected chi connectivity index (χ0v) is 14.9. The van der Waals surface area contributed by atoms with E-state index in [0.29, 0.717) is 22.9 Å². The molecule has 0 aliphatic heterocycles. The number of methoxy groups -OCH3 is 2. The van der Waals surface area contributed by atoms with Crippen molar-refractivity contribution in [1.82, 2.24) is 0 Å². The number of nitrogens with zero attached hydrogens (tertiary/aromatic N) is 3. The van der Waals surface area contributed by atoms with Crippen molar-refractivity contribution in [3.8, 4) is 11.5 Å². The summed E-state index contributed by atoms with van der Waals surface area (Å²) in [4.78, 5) is 0. The van der Waals surface area contributed by atoms with Gasteiger partial charge in [-0.2, -0.15) is 5.11 Å². The molecule has 0 amide bonds. The summed E-state index contributed by atoms with van der Waals surface area (Å²) in [5.74, 6) is 1.10. The highest BCUT2D eigenvalue weighted by Gasteiger charge is 2.10. The van der Waals surface area contributed by atoms with Crippen molar-refractivity contribution in [3.05, 3.63) is 42.0 Å². The first kappa shape index (κ1) is 17.7. The standard InChI is InChI=1S/C18H25N4O2/c1-22(2,3)12-13-7-6-8-14(9-13)20-21-16-11-17(23-4)15(19)10-18(16)24-5/h6-11H,12,19H2,1-5H3/q+1. The normalized spacial score (nSPS) is 11.7. The van der Waals surface area contributed by atoms with Gasteiger partial charge in [0, 0.05) is 17.7 Å². The molecule has 6 heteroatoms. The second kappa shape index (κ2) is 7.31. The van der Waals surface area contributed by atoms with Crippen molar-refractivity contribution >= 4 is 17.1 Å². The number of nitrogen functional groups attached to an aromatic ring is 1. The van der Waals surface area contributed by atoms with Crippen LogP contribution < -0.4 is 15.2 Å². The number of hydrogen-bond donors (Lipinski definition) is 1. The summed E-state index contributed by atoms with van der Waals surface area (Å²) in [5, 5.41) is 8.62. The van der Waals surface area contributed by atoms with Crippen LogP contribution in [0.5, 0.6) is 11.5 Å². The summed E-state index contributed by atoms with van der Waals surface area (Å²) >= 11 is 0. The van der Waals surface area contributed by atoms with E-state index >= 15 is 0 Å². The first-order valence-electron chi connectivity index (χ1n) is 7.65. The number of azo groups is 1. The zero-order chi connectivity index (χ0) is 17.7. The van der Waals surface area contributed by atoms with Gasteiger partial charge in [0.1, 0.15) is 23.7 Å². The lowest BCUT2D eigenvalue weighted by Gasteiger charge is -2.23. The molecule has 128 valence electrons. The van der Waals surface area contributed by atoms with Crippen molar-refractivity contribution in [1.29, 1.82) is 0 Å². The Kier molecular flexibility index (Phi) is 5.41. The Morgan fingerprint density at radius 1 is 0.958 bits per heavy atom. The van der Waals surface area contributed by atoms with E-state index in [1.165, 1.54) is 5.56 Å². The lowest BCUT2D eigenvalue weighted by molar-refractivity contribution is -0.884. The maximum atomic E-state index is 5.88. The monoisotopic (exact) mass is 329 g/mol. The van der Waals surface area contributed by atoms with Crippen molar-refractivity contribution < 1.29 is 14.0 Å². The highest BCUT2D eigenvalue weighted by Crippen LogP contribution is 2.37. The van der Waals surface area contributed by atoms with Gasteiger partial charge in [0.05, 0.1) is 46.7 Å². The summed E-state index contributed by atoms with van der Waals surface area (Å²) in [5.41, 5.74) is 8.95. The van der Waals surface area contributed by atoms with E-state index in [0.717, 1.165) is 16.7 Å². The molecule has 2 aromatic rings. The van der Waals surface area contributed by atoms with Crippen LogP contribution >= 0.6 is 0 Å². The third-order valence-corrected chi connectivity index (χ3v) is 3.37. The quantitative estimate of drug-likeness (QED) is 0.496. The molecule has 0 fully saturated rings. The number of quaternary nitrogens is 1. The first-order chi connectivity index (χ1) is 11.3. The van der Waals surface area contributed by atoms with Gasteiger partial charge in [-0.3, -0.25) is 0 Å². The summed E-state index contributed by atoms with van der Waals surface area (Å²) in [6.45, 7) is 0.919. The highest BCUT2D eigenvalue weighted by molar-refractivity contribution is 5.66. The Bertz CT molecular complexity index is 736. The molecule has 2 N–H and O–H groups in total. The van der Waals surface area contributed by atoms with Gasteiger partial charge in [0.25, 0.3) is 0 Å². The molecule has 0 bridgehead atoms. The predicted molar refractivity (Wildman–Crippen MR) is 96.3 cm³/mol. The molecule has 0 aliphatic rings. The lowest BCUT2D eigenvalue weighted by Crippen LogP contribution is -2.33. The number of benzene rings is 2. The largest absolute Gasteiger partial charge is 0.495 e. The molecule has 0 unspecified atom stereocenters. The van der Waals surface area contributed by atoms with E-state index in [1.54, 1.807) is 26.4 Å². The van der Waals surface area contributed by atoms with Gasteiger partial charge in [0.15, 0.2) is 0 Å². The molecule has 24 heavy (non-hydrogen) atoms. The van der Waals surface area contributed by atoms with Crippen molar-refractivity contribution in [3.63, 3.8) is 0 Å². The zero-order valence-electron chi connectivity index (χ0n) is 14.9. The van der Waals surface area contributed by atoms with E-state index < -0.39 is 0 Å². The molecule has 2 rings (SSSR count). The number of rotatable bonds is 6. The Balaban J connectivity index is 2.29. The lowest BCUT2D eigenvalue weighted by atomic mass is 10.2. The molecular weight excluding hydrogens is 304 g/mol. The van der Waals surface area contributed by atoms with Crippen LogP contribution in [0.4, 0.5) is 17.1 Å². The number of ether oxygens (including phenoxy) is 2. The maximum Gasteiger partial charge on any atom is 0.148 e. The first-order valence-corrected chi connectivity index (χ1v) is 7.65. The average molecular weight is 329 g/mol. The number of hydrogen-bond acceptors (Lipinski definition) is 5. The van der Waals surface area contributed by atoms with Crippen LogP contribution in [0.15, 0.2) is 46.6 Å². The van der Waals surface area contributed by atoms with Crippen molar-refractivity contribution in [2.45, 2.75) is 6.54 Å². The Morgan fingerprint density at radius 3 is 2.29 bits per heavy atom. The third-order valence-electron chi connectivity index (χ3n) is 3.37. The molecule has 0 saturated carbocycles. The molecule has 0 atom stereocenters. The van der Waals surface area contributed by atoms with E-state index in [2.05, 4.69) is 37.4 Å². The third kappa shape index (κ3) is 4.70. The van der Waals surface area contributed by atoms with Crippen LogP contribution in [0.1, 0.15) is 5.56 Å². The minimum atomic E-state index is 0.498. The minimum absolute atomic E-state index is 0.498. The molecule has 0 aromatic heterocycles. The Hall–Kier alpha value is -2.60. The van der Waals surface area contributed by atoms with E-state index in [-0.39, 0.29) is 0 Å². The molecule has 2 aromatic carbocycles. The molecular formula is C18H25N4O2+. The van der Waals surface area contributed by atoms with Gasteiger partial charge in [-0.1, -0.05) is 12.1 Å². The Labute approximate surface area is 143 Å². The topological polar surface area (TPSA) is 69.2 Å². The SMILES string of the molecule is COc1cc(N=Nc2cccc(C[N+](C)(C)C)c2)c(OC)cc1N. The van der Waals surface area contributed by atoms with Crippen LogP contribution in [-0.4, -0.2) is 39.8 Å². The van der Waals surface area contributed by atoms with Gasteiger partial charge in [-0.05, 0) is 12.1 Å². The summed E-state index contributed by atoms with van der Waals surface area (Å²) in [6, 6.07) is 11.4. The van der Waals surface area contributed by atoms with Crippen LogP contribution in [0, 0.1) is 0 Å². The van der Waals surface area contributed by atoms with Crippen LogP contribution in [0.3, 0.4) is 0 Å². The molecule has 0 saturated heterocycles. The van der Waals surface area contributed by atoms with Gasteiger partial charge in [-0.15, -0.1) is 5.11 Å². The van der Waals surface area contributed by atoms with E-state index in [1.807, 2.05) is 18.2 Å². The highest BCUT2D eigenvalue weighted by atomic mass is 16.5. The van der Waals surface area contributed by atoms with Gasteiger partial charge in [0.2, 0.25) is 0 Å². The van der Waals surface area contributed by atoms with Gasteiger partial charge < -0.3 is 19.7 Å². The van der Waals surface area contributed by atoms with Crippen LogP contribution in [0.25, 0.3) is 0 Å². The van der Waals surface area contributed by atoms with E-state index in [9.17, 15) is 0 Å². The smallest absolute Gasteiger partial charge is 0.148 e. The predicted octanol–water partition coefficient (Wildman–Crippen LogP) is 3.91. The average Bonchev–Trinajstić information content (AvgIpc) is 2.52. The second-order valence-electron chi connectivity index (χ2n) is 6.58.